The number of carbonyl (C=O) groups is 1. The zero-order valence-electron chi connectivity index (χ0n) is 12.7. The van der Waals surface area contributed by atoms with Crippen LogP contribution in [-0.2, 0) is 0 Å². The van der Waals surface area contributed by atoms with Gasteiger partial charge >= 0.3 is 0 Å². The summed E-state index contributed by atoms with van der Waals surface area (Å²) in [6.45, 7) is 0.223. The van der Waals surface area contributed by atoms with Crippen molar-refractivity contribution in [1.82, 2.24) is 10.3 Å². The summed E-state index contributed by atoms with van der Waals surface area (Å²) in [5, 5.41) is 13.7. The van der Waals surface area contributed by atoms with Gasteiger partial charge in [0.25, 0.3) is 5.91 Å². The average molecular weight is 335 g/mol. The number of amides is 1. The maximum absolute atomic E-state index is 12.4. The minimum atomic E-state index is -0.817. The molecule has 1 aliphatic rings. The van der Waals surface area contributed by atoms with Crippen LogP contribution in [0.1, 0.15) is 42.6 Å². The van der Waals surface area contributed by atoms with Crippen LogP contribution in [0.3, 0.4) is 0 Å². The Hall–Kier alpha value is -1.85. The number of hydrogen-bond acceptors (Lipinski definition) is 4. The van der Waals surface area contributed by atoms with E-state index in [1.807, 2.05) is 6.07 Å². The van der Waals surface area contributed by atoms with Crippen LogP contribution in [0.2, 0.25) is 5.02 Å². The highest BCUT2D eigenvalue weighted by Gasteiger charge is 2.30. The fourth-order valence-electron chi connectivity index (χ4n) is 2.96. The summed E-state index contributed by atoms with van der Waals surface area (Å²) in [4.78, 5) is 16.4. The van der Waals surface area contributed by atoms with Crippen LogP contribution < -0.4 is 5.32 Å². The highest BCUT2D eigenvalue weighted by molar-refractivity contribution is 6.33. The molecule has 0 radical (unpaired) electrons. The standard InChI is InChI=1S/C17H19ClN2O3/c18-13-7-3-2-6-12(13)15-14(20-11-23-15)16(21)19-10-17(22)8-4-1-5-9-17/h2-3,6-7,11,22H,1,4-5,8-10H2,(H,19,21). The Kier molecular flexibility index (Phi) is 4.68. The molecule has 0 unspecified atom stereocenters. The number of nitrogens with zero attached hydrogens (tertiary/aromatic N) is 1. The van der Waals surface area contributed by atoms with Gasteiger partial charge in [-0.05, 0) is 25.0 Å². The number of nitrogens with one attached hydrogen (secondary N) is 1. The predicted molar refractivity (Wildman–Crippen MR) is 87.3 cm³/mol. The molecule has 0 bridgehead atoms. The van der Waals surface area contributed by atoms with Gasteiger partial charge in [-0.3, -0.25) is 4.79 Å². The van der Waals surface area contributed by atoms with Gasteiger partial charge < -0.3 is 14.8 Å². The third-order valence-corrected chi connectivity index (χ3v) is 4.59. The van der Waals surface area contributed by atoms with E-state index >= 15 is 0 Å². The monoisotopic (exact) mass is 334 g/mol. The molecular weight excluding hydrogens is 316 g/mol. The summed E-state index contributed by atoms with van der Waals surface area (Å²) < 4.78 is 5.35. The molecule has 2 aromatic rings. The molecule has 1 aromatic heterocycles. The van der Waals surface area contributed by atoms with Crippen molar-refractivity contribution in [2.24, 2.45) is 0 Å². The Morgan fingerprint density at radius 3 is 2.78 bits per heavy atom. The van der Waals surface area contributed by atoms with Gasteiger partial charge in [0.1, 0.15) is 0 Å². The second-order valence-corrected chi connectivity index (χ2v) is 6.38. The van der Waals surface area contributed by atoms with Crippen molar-refractivity contribution in [2.75, 3.05) is 6.54 Å². The van der Waals surface area contributed by atoms with Gasteiger partial charge in [-0.25, -0.2) is 4.98 Å². The molecule has 0 aliphatic heterocycles. The Morgan fingerprint density at radius 2 is 2.04 bits per heavy atom. The van der Waals surface area contributed by atoms with Crippen molar-refractivity contribution in [3.8, 4) is 11.3 Å². The lowest BCUT2D eigenvalue weighted by atomic mass is 9.85. The highest BCUT2D eigenvalue weighted by atomic mass is 35.5. The quantitative estimate of drug-likeness (QED) is 0.898. The van der Waals surface area contributed by atoms with Gasteiger partial charge in [0.05, 0.1) is 10.6 Å². The van der Waals surface area contributed by atoms with Gasteiger partial charge in [-0.2, -0.15) is 0 Å². The van der Waals surface area contributed by atoms with Crippen LogP contribution in [0.4, 0.5) is 0 Å². The maximum atomic E-state index is 12.4. The largest absolute Gasteiger partial charge is 0.443 e. The molecule has 0 atom stereocenters. The van der Waals surface area contributed by atoms with E-state index in [0.717, 1.165) is 19.3 Å². The van der Waals surface area contributed by atoms with E-state index < -0.39 is 5.60 Å². The summed E-state index contributed by atoms with van der Waals surface area (Å²) in [6, 6.07) is 7.12. The van der Waals surface area contributed by atoms with Crippen molar-refractivity contribution < 1.29 is 14.3 Å². The van der Waals surface area contributed by atoms with E-state index in [0.29, 0.717) is 29.2 Å². The number of halogens is 1. The van der Waals surface area contributed by atoms with Crippen LogP contribution in [-0.4, -0.2) is 28.1 Å². The molecule has 23 heavy (non-hydrogen) atoms. The molecule has 1 aromatic carbocycles. The highest BCUT2D eigenvalue weighted by Crippen LogP contribution is 2.30. The van der Waals surface area contributed by atoms with Crippen LogP contribution in [0.5, 0.6) is 0 Å². The Balaban J connectivity index is 1.74. The van der Waals surface area contributed by atoms with Gasteiger partial charge in [-0.15, -0.1) is 0 Å². The summed E-state index contributed by atoms with van der Waals surface area (Å²) in [7, 11) is 0. The van der Waals surface area contributed by atoms with Crippen molar-refractivity contribution in [1.29, 1.82) is 0 Å². The molecule has 1 amide bonds. The zero-order chi connectivity index (χ0) is 16.3. The van der Waals surface area contributed by atoms with Gasteiger partial charge in [0.15, 0.2) is 17.8 Å². The second-order valence-electron chi connectivity index (χ2n) is 5.98. The molecular formula is C17H19ClN2O3. The molecule has 3 rings (SSSR count). The van der Waals surface area contributed by atoms with E-state index in [-0.39, 0.29) is 18.1 Å². The van der Waals surface area contributed by atoms with E-state index in [1.54, 1.807) is 18.2 Å². The number of aromatic nitrogens is 1. The summed E-state index contributed by atoms with van der Waals surface area (Å²) >= 11 is 6.15. The molecule has 1 heterocycles. The van der Waals surface area contributed by atoms with Gasteiger partial charge in [0, 0.05) is 12.1 Å². The second kappa shape index (κ2) is 6.72. The summed E-state index contributed by atoms with van der Waals surface area (Å²) in [6.07, 6.45) is 5.76. The molecule has 2 N–H and O–H groups in total. The first-order valence-electron chi connectivity index (χ1n) is 7.78. The molecule has 1 saturated carbocycles. The number of hydrogen-bond donors (Lipinski definition) is 2. The number of benzene rings is 1. The summed E-state index contributed by atoms with van der Waals surface area (Å²) in [5.74, 6) is -0.0311. The SMILES string of the molecule is O=C(NCC1(O)CCCCC1)c1ncoc1-c1ccccc1Cl. The first-order valence-corrected chi connectivity index (χ1v) is 8.16. The van der Waals surface area contributed by atoms with Crippen LogP contribution in [0.15, 0.2) is 35.1 Å². The van der Waals surface area contributed by atoms with Crippen LogP contribution in [0.25, 0.3) is 11.3 Å². The van der Waals surface area contributed by atoms with Crippen LogP contribution in [0, 0.1) is 0 Å². The van der Waals surface area contributed by atoms with Crippen molar-refractivity contribution in [3.63, 3.8) is 0 Å². The lowest BCUT2D eigenvalue weighted by Gasteiger charge is -2.31. The topological polar surface area (TPSA) is 75.4 Å². The fourth-order valence-corrected chi connectivity index (χ4v) is 3.18. The fraction of sp³-hybridized carbons (Fsp3) is 0.412. The van der Waals surface area contributed by atoms with E-state index in [1.165, 1.54) is 6.39 Å². The van der Waals surface area contributed by atoms with Crippen molar-refractivity contribution in [3.05, 3.63) is 41.4 Å². The minimum Gasteiger partial charge on any atom is -0.443 e. The van der Waals surface area contributed by atoms with E-state index in [4.69, 9.17) is 16.0 Å². The predicted octanol–water partition coefficient (Wildman–Crippen LogP) is 3.42. The van der Waals surface area contributed by atoms with Gasteiger partial charge in [0.2, 0.25) is 0 Å². The lowest BCUT2D eigenvalue weighted by molar-refractivity contribution is 0.00521. The molecule has 0 saturated heterocycles. The zero-order valence-corrected chi connectivity index (χ0v) is 13.5. The lowest BCUT2D eigenvalue weighted by Crippen LogP contribution is -2.44. The number of oxazole rings is 1. The first-order chi connectivity index (χ1) is 11.1. The third-order valence-electron chi connectivity index (χ3n) is 4.26. The molecule has 0 spiro atoms. The van der Waals surface area contributed by atoms with Crippen molar-refractivity contribution in [2.45, 2.75) is 37.7 Å². The molecule has 1 aliphatic carbocycles. The van der Waals surface area contributed by atoms with E-state index in [2.05, 4.69) is 10.3 Å². The number of rotatable bonds is 4. The van der Waals surface area contributed by atoms with E-state index in [9.17, 15) is 9.90 Å². The van der Waals surface area contributed by atoms with Crippen molar-refractivity contribution >= 4 is 17.5 Å². The molecule has 6 heteroatoms. The number of carbonyl (C=O) groups excluding carboxylic acids is 1. The summed E-state index contributed by atoms with van der Waals surface area (Å²) in [5.41, 5.74) is -0.0203. The first kappa shape index (κ1) is 16.0. The average Bonchev–Trinajstić information content (AvgIpc) is 3.03. The maximum Gasteiger partial charge on any atom is 0.274 e. The number of aliphatic hydroxyl groups is 1. The third kappa shape index (κ3) is 3.57. The Labute approximate surface area is 139 Å². The normalized spacial score (nSPS) is 17.0. The minimum absolute atomic E-state index is 0.178. The Bertz CT molecular complexity index is 693. The smallest absolute Gasteiger partial charge is 0.274 e. The molecule has 5 nitrogen and oxygen atoms in total. The molecule has 1 fully saturated rings. The van der Waals surface area contributed by atoms with Gasteiger partial charge in [-0.1, -0.05) is 43.0 Å². The Morgan fingerprint density at radius 1 is 1.30 bits per heavy atom. The van der Waals surface area contributed by atoms with Crippen LogP contribution >= 0.6 is 11.6 Å². The molecule has 122 valence electrons.